The molecule has 0 saturated heterocycles. The summed E-state index contributed by atoms with van der Waals surface area (Å²) < 4.78 is 4.38. The molecule has 1 rings (SSSR count). The molecule has 0 unspecified atom stereocenters. The fourth-order valence-electron chi connectivity index (χ4n) is 1.56. The third kappa shape index (κ3) is 2.83. The summed E-state index contributed by atoms with van der Waals surface area (Å²) in [6.45, 7) is 4.41. The van der Waals surface area contributed by atoms with E-state index >= 15 is 0 Å². The van der Waals surface area contributed by atoms with Crippen LogP contribution in [-0.2, 0) is 4.74 Å². The van der Waals surface area contributed by atoms with Gasteiger partial charge in [-0.3, -0.25) is 9.59 Å². The molecule has 0 saturated carbocycles. The van der Waals surface area contributed by atoms with E-state index in [9.17, 15) is 14.4 Å². The van der Waals surface area contributed by atoms with Crippen molar-refractivity contribution in [3.8, 4) is 0 Å². The smallest absolute Gasteiger partial charge is 0.406 e. The van der Waals surface area contributed by atoms with Crippen molar-refractivity contribution in [3.63, 3.8) is 0 Å². The van der Waals surface area contributed by atoms with Crippen molar-refractivity contribution in [2.75, 3.05) is 25.5 Å². The van der Waals surface area contributed by atoms with Crippen LogP contribution in [-0.4, -0.2) is 26.3 Å². The van der Waals surface area contributed by atoms with Crippen molar-refractivity contribution in [1.82, 2.24) is 5.32 Å². The van der Waals surface area contributed by atoms with Gasteiger partial charge in [-0.25, -0.2) is 4.79 Å². The summed E-state index contributed by atoms with van der Waals surface area (Å²) in [5.74, 6) is 0.0243. The Balaban J connectivity index is 0. The highest BCUT2D eigenvalue weighted by Gasteiger charge is 2.22. The van der Waals surface area contributed by atoms with E-state index in [0.717, 1.165) is 0 Å². The lowest BCUT2D eigenvalue weighted by Crippen LogP contribution is -2.40. The number of carbonyl (C=O) groups is 1. The predicted octanol–water partition coefficient (Wildman–Crippen LogP) is 0.666. The summed E-state index contributed by atoms with van der Waals surface area (Å²) in [7, 11) is 1.27. The Hall–Kier alpha value is -1.85. The summed E-state index contributed by atoms with van der Waals surface area (Å²) in [5, 5.41) is 5.31. The fourth-order valence-corrected chi connectivity index (χ4v) is 1.56. The molecule has 0 aliphatic carbocycles. The van der Waals surface area contributed by atoms with Gasteiger partial charge >= 0.3 is 6.09 Å². The first kappa shape index (κ1) is 13.2. The minimum atomic E-state index is -0.527. The first-order chi connectivity index (χ1) is 7.99. The van der Waals surface area contributed by atoms with Crippen molar-refractivity contribution in [3.05, 3.63) is 26.0 Å². The molecule has 1 aromatic rings. The number of hydrogen-bond donors (Lipinski definition) is 2. The van der Waals surface area contributed by atoms with E-state index in [4.69, 9.17) is 0 Å². The minimum absolute atomic E-state index is 0. The van der Waals surface area contributed by atoms with E-state index in [-0.39, 0.29) is 8.77 Å². The van der Waals surface area contributed by atoms with E-state index in [2.05, 4.69) is 15.4 Å². The number of amides is 1. The average molecular weight is 244 g/mol. The van der Waals surface area contributed by atoms with Gasteiger partial charge in [-0.05, 0) is 5.92 Å². The quantitative estimate of drug-likeness (QED) is 0.587. The van der Waals surface area contributed by atoms with Gasteiger partial charge in [0.25, 0.3) is 0 Å². The zero-order valence-electron chi connectivity index (χ0n) is 10.1. The van der Waals surface area contributed by atoms with Gasteiger partial charge in [0.05, 0.1) is 12.8 Å². The maximum absolute atomic E-state index is 11.3. The van der Waals surface area contributed by atoms with Crippen molar-refractivity contribution in [1.29, 1.82) is 0 Å². The number of alkyl carbamates (subject to hydrolysis) is 1. The Morgan fingerprint density at radius 3 is 2.47 bits per heavy atom. The highest BCUT2D eigenvalue weighted by atomic mass is 16.5. The van der Waals surface area contributed by atoms with Crippen LogP contribution in [0, 0.1) is 0 Å². The predicted molar refractivity (Wildman–Crippen MR) is 68.6 cm³/mol. The standard InChI is InChI=1S/C11H16N2O4.2H2/c1-6(2)7-8(10(15)9(7)14)12-4-5-13-11(16)17-3;;/h6,12H,4-5H2,1-3H3,(H,13,16);2*1H. The van der Waals surface area contributed by atoms with E-state index in [1.54, 1.807) is 0 Å². The van der Waals surface area contributed by atoms with Gasteiger partial charge in [-0.15, -0.1) is 0 Å². The average Bonchev–Trinajstić information content (AvgIpc) is 2.30. The summed E-state index contributed by atoms with van der Waals surface area (Å²) in [4.78, 5) is 33.3. The second kappa shape index (κ2) is 5.47. The number of anilines is 1. The summed E-state index contributed by atoms with van der Waals surface area (Å²) in [5.41, 5.74) is 0.0138. The van der Waals surface area contributed by atoms with E-state index < -0.39 is 17.0 Å². The molecule has 0 heterocycles. The van der Waals surface area contributed by atoms with Crippen LogP contribution < -0.4 is 21.5 Å². The third-order valence-electron chi connectivity index (χ3n) is 2.41. The third-order valence-corrected chi connectivity index (χ3v) is 2.41. The first-order valence-corrected chi connectivity index (χ1v) is 5.38. The molecule has 0 spiro atoms. The van der Waals surface area contributed by atoms with Crippen LogP contribution >= 0.6 is 0 Å². The lowest BCUT2D eigenvalue weighted by molar-refractivity contribution is 0.171. The monoisotopic (exact) mass is 244 g/mol. The maximum Gasteiger partial charge on any atom is 0.406 e. The molecule has 0 atom stereocenters. The molecule has 6 nitrogen and oxygen atoms in total. The molecule has 0 radical (unpaired) electrons. The van der Waals surface area contributed by atoms with Gasteiger partial charge in [-0.2, -0.15) is 0 Å². The van der Waals surface area contributed by atoms with Crippen LogP contribution in [0.5, 0.6) is 0 Å². The Morgan fingerprint density at radius 1 is 1.29 bits per heavy atom. The highest BCUT2D eigenvalue weighted by Crippen LogP contribution is 2.17. The van der Waals surface area contributed by atoms with E-state index in [1.165, 1.54) is 7.11 Å². The molecule has 0 bridgehead atoms. The number of methoxy groups -OCH3 is 1. The van der Waals surface area contributed by atoms with Crippen molar-refractivity contribution < 1.29 is 12.4 Å². The first-order valence-electron chi connectivity index (χ1n) is 5.38. The molecule has 6 heteroatoms. The van der Waals surface area contributed by atoms with Gasteiger partial charge in [-0.1, -0.05) is 13.8 Å². The number of carbonyl (C=O) groups excluding carboxylic acids is 1. The Kier molecular flexibility index (Phi) is 4.25. The van der Waals surface area contributed by atoms with E-state index in [1.807, 2.05) is 13.8 Å². The SMILES string of the molecule is COC(=O)NCCNc1c(C(C)C)c(=O)c1=O.[HH].[HH]. The molecule has 98 valence electrons. The fraction of sp³-hybridized carbons (Fsp3) is 0.545. The Bertz CT molecular complexity index is 481. The summed E-state index contributed by atoms with van der Waals surface area (Å²) in [6.07, 6.45) is -0.527. The molecule has 0 fully saturated rings. The molecule has 1 aromatic carbocycles. The second-order valence-electron chi connectivity index (χ2n) is 3.95. The molecular weight excluding hydrogens is 224 g/mol. The number of ether oxygens (including phenoxy) is 1. The summed E-state index contributed by atoms with van der Waals surface area (Å²) in [6, 6.07) is 0. The normalized spacial score (nSPS) is 10.6. The number of rotatable bonds is 5. The second-order valence-corrected chi connectivity index (χ2v) is 3.95. The van der Waals surface area contributed by atoms with Crippen LogP contribution in [0.1, 0.15) is 28.2 Å². The van der Waals surface area contributed by atoms with Crippen molar-refractivity contribution in [2.24, 2.45) is 0 Å². The van der Waals surface area contributed by atoms with Crippen LogP contribution in [0.4, 0.5) is 10.5 Å². The van der Waals surface area contributed by atoms with Crippen molar-refractivity contribution >= 4 is 11.8 Å². The Morgan fingerprint density at radius 2 is 1.94 bits per heavy atom. The summed E-state index contributed by atoms with van der Waals surface area (Å²) >= 11 is 0. The van der Waals surface area contributed by atoms with Gasteiger partial charge < -0.3 is 15.4 Å². The topological polar surface area (TPSA) is 84.5 Å². The maximum atomic E-state index is 11.3. The molecule has 0 aliphatic rings. The zero-order chi connectivity index (χ0) is 13.0. The van der Waals surface area contributed by atoms with Gasteiger partial charge in [0.1, 0.15) is 0 Å². The number of nitrogens with one attached hydrogen (secondary N) is 2. The van der Waals surface area contributed by atoms with Gasteiger partial charge in [0.15, 0.2) is 0 Å². The molecule has 2 N–H and O–H groups in total. The van der Waals surface area contributed by atoms with Gasteiger partial charge in [0, 0.05) is 21.5 Å². The van der Waals surface area contributed by atoms with Crippen molar-refractivity contribution in [2.45, 2.75) is 19.8 Å². The largest absolute Gasteiger partial charge is 0.453 e. The minimum Gasteiger partial charge on any atom is -0.453 e. The lowest BCUT2D eigenvalue weighted by atomic mass is 9.96. The van der Waals surface area contributed by atoms with Crippen LogP contribution in [0.2, 0.25) is 0 Å². The van der Waals surface area contributed by atoms with Crippen LogP contribution in [0.25, 0.3) is 0 Å². The molecular formula is C11H20N2O4. The Labute approximate surface area is 102 Å². The van der Waals surface area contributed by atoms with Gasteiger partial charge in [0.2, 0.25) is 10.9 Å². The molecule has 17 heavy (non-hydrogen) atoms. The molecule has 1 amide bonds. The van der Waals surface area contributed by atoms with E-state index in [0.29, 0.717) is 24.3 Å². The highest BCUT2D eigenvalue weighted by molar-refractivity contribution is 5.67. The molecule has 0 aliphatic heterocycles. The zero-order valence-corrected chi connectivity index (χ0v) is 10.1. The lowest BCUT2D eigenvalue weighted by Gasteiger charge is -2.15. The van der Waals surface area contributed by atoms with Crippen LogP contribution in [0.3, 0.4) is 0 Å². The van der Waals surface area contributed by atoms with Crippen LogP contribution in [0.15, 0.2) is 9.59 Å². The molecule has 0 aromatic heterocycles. The number of hydrogen-bond acceptors (Lipinski definition) is 5.